The van der Waals surface area contributed by atoms with Crippen LogP contribution < -0.4 is 4.74 Å². The van der Waals surface area contributed by atoms with Gasteiger partial charge in [-0.3, -0.25) is 4.79 Å². The van der Waals surface area contributed by atoms with Gasteiger partial charge in [0.15, 0.2) is 5.78 Å². The van der Waals surface area contributed by atoms with Crippen LogP contribution in [0.2, 0.25) is 0 Å². The maximum atomic E-state index is 12.0. The van der Waals surface area contributed by atoms with Gasteiger partial charge in [0.1, 0.15) is 5.75 Å². The van der Waals surface area contributed by atoms with E-state index in [0.29, 0.717) is 6.54 Å². The largest absolute Gasteiger partial charge is 0.497 e. The fourth-order valence-corrected chi connectivity index (χ4v) is 2.97. The Bertz CT molecular complexity index is 846. The molecule has 0 unspecified atom stereocenters. The van der Waals surface area contributed by atoms with E-state index >= 15 is 0 Å². The summed E-state index contributed by atoms with van der Waals surface area (Å²) in [5, 5.41) is 0. The number of methoxy groups -OCH3 is 1. The van der Waals surface area contributed by atoms with Crippen molar-refractivity contribution in [3.63, 3.8) is 0 Å². The summed E-state index contributed by atoms with van der Waals surface area (Å²) in [5.41, 5.74) is 5.12. The number of carbonyl (C=O) groups excluding carboxylic acids is 1. The highest BCUT2D eigenvalue weighted by molar-refractivity contribution is 5.96. The fraction of sp³-hybridized carbons (Fsp3) is 0.190. The van der Waals surface area contributed by atoms with Crippen molar-refractivity contribution < 1.29 is 9.53 Å². The number of ether oxygens (including phenoxy) is 1. The van der Waals surface area contributed by atoms with Crippen molar-refractivity contribution in [2.75, 3.05) is 7.11 Å². The lowest BCUT2D eigenvalue weighted by Gasteiger charge is -2.13. The van der Waals surface area contributed by atoms with Crippen molar-refractivity contribution in [3.05, 3.63) is 77.5 Å². The van der Waals surface area contributed by atoms with Crippen molar-refractivity contribution in [1.29, 1.82) is 0 Å². The van der Waals surface area contributed by atoms with Gasteiger partial charge in [-0.25, -0.2) is 0 Å². The summed E-state index contributed by atoms with van der Waals surface area (Å²) in [5.74, 6) is 0.939. The summed E-state index contributed by atoms with van der Waals surface area (Å²) in [7, 11) is 1.66. The molecule has 1 heterocycles. The molecule has 0 aliphatic carbocycles. The molecule has 3 aromatic rings. The lowest BCUT2D eigenvalue weighted by Crippen LogP contribution is -2.05. The number of Topliss-reactive ketones (excluding diaryl/α,β-unsaturated/α-hetero) is 1. The van der Waals surface area contributed by atoms with Crippen molar-refractivity contribution in [3.8, 4) is 17.0 Å². The maximum absolute atomic E-state index is 12.0. The van der Waals surface area contributed by atoms with Gasteiger partial charge in [-0.2, -0.15) is 0 Å². The van der Waals surface area contributed by atoms with Gasteiger partial charge < -0.3 is 9.30 Å². The van der Waals surface area contributed by atoms with Crippen molar-refractivity contribution >= 4 is 5.78 Å². The molecule has 0 fully saturated rings. The van der Waals surface area contributed by atoms with Crippen molar-refractivity contribution in [2.24, 2.45) is 0 Å². The van der Waals surface area contributed by atoms with Gasteiger partial charge in [0.2, 0.25) is 0 Å². The number of hydrogen-bond acceptors (Lipinski definition) is 2. The Morgan fingerprint density at radius 1 is 1.04 bits per heavy atom. The lowest BCUT2D eigenvalue weighted by molar-refractivity contribution is 0.101. The molecule has 0 saturated heterocycles. The average Bonchev–Trinajstić information content (AvgIpc) is 2.93. The van der Waals surface area contributed by atoms with Crippen LogP contribution in [0.5, 0.6) is 5.75 Å². The topological polar surface area (TPSA) is 31.2 Å². The van der Waals surface area contributed by atoms with E-state index < -0.39 is 0 Å². The van der Waals surface area contributed by atoms with Crippen LogP contribution in [0.3, 0.4) is 0 Å². The maximum Gasteiger partial charge on any atom is 0.161 e. The Labute approximate surface area is 142 Å². The second kappa shape index (κ2) is 6.75. The molecular formula is C21H21NO2. The summed E-state index contributed by atoms with van der Waals surface area (Å²) in [6, 6.07) is 20.2. The molecule has 0 saturated carbocycles. The summed E-state index contributed by atoms with van der Waals surface area (Å²) in [4.78, 5) is 12.0. The molecule has 24 heavy (non-hydrogen) atoms. The molecule has 0 radical (unpaired) electrons. The minimum atomic E-state index is 0.0955. The van der Waals surface area contributed by atoms with E-state index in [1.165, 1.54) is 5.56 Å². The van der Waals surface area contributed by atoms with E-state index in [-0.39, 0.29) is 5.78 Å². The van der Waals surface area contributed by atoms with Gasteiger partial charge >= 0.3 is 0 Å². The Kier molecular flexibility index (Phi) is 4.52. The Hall–Kier alpha value is -2.81. The van der Waals surface area contributed by atoms with Crippen molar-refractivity contribution in [2.45, 2.75) is 20.4 Å². The first kappa shape index (κ1) is 16.1. The number of hydrogen-bond donors (Lipinski definition) is 0. The first-order valence-corrected chi connectivity index (χ1v) is 7.99. The molecule has 122 valence electrons. The summed E-state index contributed by atoms with van der Waals surface area (Å²) in [6.45, 7) is 4.34. The van der Waals surface area contributed by atoms with Gasteiger partial charge in [-0.15, -0.1) is 0 Å². The van der Waals surface area contributed by atoms with Gasteiger partial charge in [0.25, 0.3) is 0 Å². The lowest BCUT2D eigenvalue weighted by atomic mass is 10.1. The molecule has 3 nitrogen and oxygen atoms in total. The van der Waals surface area contributed by atoms with Crippen LogP contribution in [0.4, 0.5) is 0 Å². The quantitative estimate of drug-likeness (QED) is 0.637. The van der Waals surface area contributed by atoms with Crippen LogP contribution >= 0.6 is 0 Å². The first-order chi connectivity index (χ1) is 11.6. The van der Waals surface area contributed by atoms with E-state index in [0.717, 1.165) is 28.3 Å². The molecule has 0 aliphatic rings. The van der Waals surface area contributed by atoms with Crippen LogP contribution in [0.1, 0.15) is 28.5 Å². The second-order valence-corrected chi connectivity index (χ2v) is 5.89. The van der Waals surface area contributed by atoms with Crippen LogP contribution in [0, 0.1) is 6.92 Å². The van der Waals surface area contributed by atoms with Gasteiger partial charge in [0.05, 0.1) is 7.11 Å². The predicted molar refractivity (Wildman–Crippen MR) is 96.7 cm³/mol. The molecule has 0 N–H and O–H groups in total. The molecule has 0 spiro atoms. The zero-order valence-electron chi connectivity index (χ0n) is 14.2. The minimum absolute atomic E-state index is 0.0955. The van der Waals surface area contributed by atoms with Gasteiger partial charge in [-0.1, -0.05) is 42.5 Å². The zero-order valence-corrected chi connectivity index (χ0v) is 14.2. The molecule has 0 aliphatic heterocycles. The molecule has 1 aromatic heterocycles. The molecule has 3 rings (SSSR count). The number of aromatic nitrogens is 1. The van der Waals surface area contributed by atoms with Crippen LogP contribution in [-0.4, -0.2) is 17.5 Å². The Morgan fingerprint density at radius 3 is 2.29 bits per heavy atom. The van der Waals surface area contributed by atoms with E-state index in [1.807, 2.05) is 43.3 Å². The highest BCUT2D eigenvalue weighted by atomic mass is 16.5. The van der Waals surface area contributed by atoms with Crippen LogP contribution in [0.25, 0.3) is 11.3 Å². The molecule has 0 bridgehead atoms. The molecule has 0 amide bonds. The first-order valence-electron chi connectivity index (χ1n) is 7.99. The SMILES string of the molecule is COc1ccc(Cn2c(-c3ccccc3)cc(C(C)=O)c2C)cc1. The third kappa shape index (κ3) is 3.11. The monoisotopic (exact) mass is 319 g/mol. The fourth-order valence-electron chi connectivity index (χ4n) is 2.97. The van der Waals surface area contributed by atoms with E-state index in [1.54, 1.807) is 14.0 Å². The smallest absolute Gasteiger partial charge is 0.161 e. The van der Waals surface area contributed by atoms with Gasteiger partial charge in [0, 0.05) is 23.5 Å². The summed E-state index contributed by atoms with van der Waals surface area (Å²) in [6.07, 6.45) is 0. The number of benzene rings is 2. The molecule has 0 atom stereocenters. The Balaban J connectivity index is 2.06. The number of nitrogens with zero attached hydrogens (tertiary/aromatic N) is 1. The summed E-state index contributed by atoms with van der Waals surface area (Å²) < 4.78 is 7.42. The third-order valence-corrected chi connectivity index (χ3v) is 4.32. The predicted octanol–water partition coefficient (Wildman–Crippen LogP) is 4.72. The van der Waals surface area contributed by atoms with E-state index in [9.17, 15) is 4.79 Å². The summed E-state index contributed by atoms with van der Waals surface area (Å²) >= 11 is 0. The third-order valence-electron chi connectivity index (χ3n) is 4.32. The number of ketones is 1. The average molecular weight is 319 g/mol. The van der Waals surface area contributed by atoms with Crippen LogP contribution in [0.15, 0.2) is 60.7 Å². The van der Waals surface area contributed by atoms with Crippen molar-refractivity contribution in [1.82, 2.24) is 4.57 Å². The second-order valence-electron chi connectivity index (χ2n) is 5.89. The normalized spacial score (nSPS) is 10.6. The Morgan fingerprint density at radius 2 is 1.71 bits per heavy atom. The molecule has 2 aromatic carbocycles. The minimum Gasteiger partial charge on any atom is -0.497 e. The molecular weight excluding hydrogens is 298 g/mol. The highest BCUT2D eigenvalue weighted by Gasteiger charge is 2.16. The number of carbonyl (C=O) groups is 1. The van der Waals surface area contributed by atoms with Gasteiger partial charge in [-0.05, 0) is 43.2 Å². The molecule has 3 heteroatoms. The van der Waals surface area contributed by atoms with E-state index in [2.05, 4.69) is 28.8 Å². The standard InChI is InChI=1S/C21H21NO2/c1-15-20(16(2)23)13-21(18-7-5-4-6-8-18)22(15)14-17-9-11-19(24-3)12-10-17/h4-13H,14H2,1-3H3. The van der Waals surface area contributed by atoms with Crippen LogP contribution in [-0.2, 0) is 6.54 Å². The zero-order chi connectivity index (χ0) is 17.1. The highest BCUT2D eigenvalue weighted by Crippen LogP contribution is 2.27. The van der Waals surface area contributed by atoms with E-state index in [4.69, 9.17) is 4.74 Å². The number of rotatable bonds is 5.